The number of carbonyl (C=O) groups excluding carboxylic acids is 2. The minimum absolute atomic E-state index is 0.0794. The number of rotatable bonds is 6. The standard InChI is InChI=1S/C14H18FNO4/c1-4-20-13(17)7-8-16(2)14(18)10-5-6-12(19-3)11(15)9-10/h5-6,9H,4,7-8H2,1-3H3. The number of methoxy groups -OCH3 is 1. The lowest BCUT2D eigenvalue weighted by Gasteiger charge is -2.17. The van der Waals surface area contributed by atoms with Crippen LogP contribution < -0.4 is 4.74 Å². The molecule has 1 rings (SSSR count). The molecule has 6 heteroatoms. The van der Waals surface area contributed by atoms with Crippen molar-refractivity contribution in [3.63, 3.8) is 0 Å². The van der Waals surface area contributed by atoms with Crippen LogP contribution in [0.25, 0.3) is 0 Å². The summed E-state index contributed by atoms with van der Waals surface area (Å²) in [4.78, 5) is 24.6. The maximum Gasteiger partial charge on any atom is 0.307 e. The Morgan fingerprint density at radius 2 is 2.05 bits per heavy atom. The number of hydrogen-bond acceptors (Lipinski definition) is 4. The first-order valence-electron chi connectivity index (χ1n) is 6.24. The van der Waals surface area contributed by atoms with Crippen LogP contribution in [0.2, 0.25) is 0 Å². The molecule has 0 aromatic heterocycles. The highest BCUT2D eigenvalue weighted by Gasteiger charge is 2.15. The molecule has 0 fully saturated rings. The normalized spacial score (nSPS) is 10.0. The topological polar surface area (TPSA) is 55.8 Å². The van der Waals surface area contributed by atoms with Crippen molar-refractivity contribution in [3.8, 4) is 5.75 Å². The second kappa shape index (κ2) is 7.47. The molecule has 5 nitrogen and oxygen atoms in total. The molecular formula is C14H18FNO4. The van der Waals surface area contributed by atoms with E-state index in [-0.39, 0.29) is 36.2 Å². The Morgan fingerprint density at radius 3 is 2.60 bits per heavy atom. The second-order valence-corrected chi connectivity index (χ2v) is 4.13. The van der Waals surface area contributed by atoms with Gasteiger partial charge in [0.25, 0.3) is 5.91 Å². The Labute approximate surface area is 117 Å². The van der Waals surface area contributed by atoms with E-state index in [0.717, 1.165) is 6.07 Å². The van der Waals surface area contributed by atoms with Crippen molar-refractivity contribution in [1.82, 2.24) is 4.90 Å². The number of ether oxygens (including phenoxy) is 2. The Morgan fingerprint density at radius 1 is 1.35 bits per heavy atom. The summed E-state index contributed by atoms with van der Waals surface area (Å²) >= 11 is 0. The molecule has 0 heterocycles. The van der Waals surface area contributed by atoms with Crippen molar-refractivity contribution in [2.45, 2.75) is 13.3 Å². The molecular weight excluding hydrogens is 265 g/mol. The quantitative estimate of drug-likeness (QED) is 0.748. The van der Waals surface area contributed by atoms with Gasteiger partial charge in [-0.15, -0.1) is 0 Å². The van der Waals surface area contributed by atoms with E-state index in [2.05, 4.69) is 0 Å². The Hall–Kier alpha value is -2.11. The van der Waals surface area contributed by atoms with Gasteiger partial charge in [0.2, 0.25) is 0 Å². The molecule has 1 aromatic rings. The van der Waals surface area contributed by atoms with Crippen LogP contribution >= 0.6 is 0 Å². The van der Waals surface area contributed by atoms with Crippen LogP contribution in [-0.2, 0) is 9.53 Å². The summed E-state index contributed by atoms with van der Waals surface area (Å²) in [5.41, 5.74) is 0.203. The molecule has 0 saturated carbocycles. The van der Waals surface area contributed by atoms with Crippen LogP contribution in [0.4, 0.5) is 4.39 Å². The van der Waals surface area contributed by atoms with Crippen molar-refractivity contribution >= 4 is 11.9 Å². The Bertz CT molecular complexity index is 490. The van der Waals surface area contributed by atoms with Crippen LogP contribution in [0, 0.1) is 5.82 Å². The number of amides is 1. The highest BCUT2D eigenvalue weighted by atomic mass is 19.1. The minimum atomic E-state index is -0.600. The van der Waals surface area contributed by atoms with E-state index >= 15 is 0 Å². The van der Waals surface area contributed by atoms with Gasteiger partial charge in [0, 0.05) is 19.2 Å². The Balaban J connectivity index is 2.65. The van der Waals surface area contributed by atoms with Gasteiger partial charge in [-0.1, -0.05) is 0 Å². The first-order valence-corrected chi connectivity index (χ1v) is 6.24. The van der Waals surface area contributed by atoms with Crippen molar-refractivity contribution in [3.05, 3.63) is 29.6 Å². The van der Waals surface area contributed by atoms with Gasteiger partial charge in [-0.25, -0.2) is 4.39 Å². The molecule has 0 atom stereocenters. The molecule has 0 unspecified atom stereocenters. The van der Waals surface area contributed by atoms with E-state index in [9.17, 15) is 14.0 Å². The predicted molar refractivity (Wildman–Crippen MR) is 71.2 cm³/mol. The second-order valence-electron chi connectivity index (χ2n) is 4.13. The molecule has 0 bridgehead atoms. The summed E-state index contributed by atoms with van der Waals surface area (Å²) in [6, 6.07) is 3.98. The fourth-order valence-corrected chi connectivity index (χ4v) is 1.61. The third-order valence-corrected chi connectivity index (χ3v) is 2.70. The number of halogens is 1. The summed E-state index contributed by atoms with van der Waals surface area (Å²) in [6.07, 6.45) is 0.106. The van der Waals surface area contributed by atoms with Crippen LogP contribution in [-0.4, -0.2) is 44.1 Å². The molecule has 0 N–H and O–H groups in total. The molecule has 0 aliphatic heterocycles. The van der Waals surface area contributed by atoms with E-state index in [1.807, 2.05) is 0 Å². The molecule has 0 radical (unpaired) electrons. The van der Waals surface area contributed by atoms with Crippen LogP contribution in [0.3, 0.4) is 0 Å². The average molecular weight is 283 g/mol. The smallest absolute Gasteiger partial charge is 0.307 e. The molecule has 1 aromatic carbocycles. The third kappa shape index (κ3) is 4.22. The van der Waals surface area contributed by atoms with E-state index in [1.54, 1.807) is 14.0 Å². The van der Waals surface area contributed by atoms with Gasteiger partial charge in [-0.05, 0) is 25.1 Å². The number of carbonyl (C=O) groups is 2. The van der Waals surface area contributed by atoms with Gasteiger partial charge in [0.05, 0.1) is 20.1 Å². The maximum atomic E-state index is 13.5. The lowest BCUT2D eigenvalue weighted by atomic mass is 10.2. The monoisotopic (exact) mass is 283 g/mol. The SMILES string of the molecule is CCOC(=O)CCN(C)C(=O)c1ccc(OC)c(F)c1. The summed E-state index contributed by atoms with van der Waals surface area (Å²) in [7, 11) is 2.90. The first kappa shape index (κ1) is 15.9. The highest BCUT2D eigenvalue weighted by molar-refractivity contribution is 5.94. The molecule has 0 aliphatic rings. The van der Waals surface area contributed by atoms with E-state index in [4.69, 9.17) is 9.47 Å². The van der Waals surface area contributed by atoms with Gasteiger partial charge < -0.3 is 14.4 Å². The van der Waals surface area contributed by atoms with E-state index in [1.165, 1.54) is 24.1 Å². The van der Waals surface area contributed by atoms with Crippen LogP contribution in [0.5, 0.6) is 5.75 Å². The van der Waals surface area contributed by atoms with Gasteiger partial charge in [-0.3, -0.25) is 9.59 Å². The number of hydrogen-bond donors (Lipinski definition) is 0. The zero-order valence-corrected chi connectivity index (χ0v) is 11.8. The molecule has 0 spiro atoms. The molecule has 0 aliphatic carbocycles. The summed E-state index contributed by atoms with van der Waals surface area (Å²) in [5.74, 6) is -1.25. The van der Waals surface area contributed by atoms with Gasteiger partial charge in [0.1, 0.15) is 0 Å². The predicted octanol–water partition coefficient (Wildman–Crippen LogP) is 1.86. The van der Waals surface area contributed by atoms with Crippen molar-refractivity contribution in [2.24, 2.45) is 0 Å². The van der Waals surface area contributed by atoms with E-state index in [0.29, 0.717) is 6.61 Å². The first-order chi connectivity index (χ1) is 9.49. The molecule has 1 amide bonds. The molecule has 0 saturated heterocycles. The molecule has 20 heavy (non-hydrogen) atoms. The number of nitrogens with zero attached hydrogens (tertiary/aromatic N) is 1. The summed E-state index contributed by atoms with van der Waals surface area (Å²) in [5, 5.41) is 0. The lowest BCUT2D eigenvalue weighted by molar-refractivity contribution is -0.143. The van der Waals surface area contributed by atoms with Crippen LogP contribution in [0.1, 0.15) is 23.7 Å². The number of benzene rings is 1. The summed E-state index contributed by atoms with van der Waals surface area (Å²) in [6.45, 7) is 2.23. The Kier molecular flexibility index (Phi) is 5.96. The lowest BCUT2D eigenvalue weighted by Crippen LogP contribution is -2.29. The minimum Gasteiger partial charge on any atom is -0.494 e. The fourth-order valence-electron chi connectivity index (χ4n) is 1.61. The largest absolute Gasteiger partial charge is 0.494 e. The fraction of sp³-hybridized carbons (Fsp3) is 0.429. The highest BCUT2D eigenvalue weighted by Crippen LogP contribution is 2.18. The van der Waals surface area contributed by atoms with E-state index < -0.39 is 5.82 Å². The van der Waals surface area contributed by atoms with Crippen molar-refractivity contribution in [1.29, 1.82) is 0 Å². The number of esters is 1. The van der Waals surface area contributed by atoms with Gasteiger partial charge in [0.15, 0.2) is 11.6 Å². The van der Waals surface area contributed by atoms with Gasteiger partial charge in [-0.2, -0.15) is 0 Å². The summed E-state index contributed by atoms with van der Waals surface area (Å²) < 4.78 is 23.1. The maximum absolute atomic E-state index is 13.5. The van der Waals surface area contributed by atoms with Crippen molar-refractivity contribution < 1.29 is 23.5 Å². The third-order valence-electron chi connectivity index (χ3n) is 2.70. The molecule has 110 valence electrons. The average Bonchev–Trinajstić information content (AvgIpc) is 2.44. The van der Waals surface area contributed by atoms with Crippen molar-refractivity contribution in [2.75, 3.05) is 27.3 Å². The van der Waals surface area contributed by atoms with Gasteiger partial charge >= 0.3 is 5.97 Å². The zero-order valence-electron chi connectivity index (χ0n) is 11.8. The zero-order chi connectivity index (χ0) is 15.1. The van der Waals surface area contributed by atoms with Crippen LogP contribution in [0.15, 0.2) is 18.2 Å².